The van der Waals surface area contributed by atoms with E-state index in [1.807, 2.05) is 10.7 Å². The Morgan fingerprint density at radius 1 is 1.32 bits per heavy atom. The van der Waals surface area contributed by atoms with Gasteiger partial charge < -0.3 is 18.8 Å². The number of nitrogens with zero attached hydrogens (tertiary/aromatic N) is 4. The van der Waals surface area contributed by atoms with Gasteiger partial charge in [-0.25, -0.2) is 4.98 Å². The second-order valence-corrected chi connectivity index (χ2v) is 6.57. The molecule has 1 atom stereocenters. The molecule has 25 heavy (non-hydrogen) atoms. The average molecular weight is 346 g/mol. The van der Waals surface area contributed by atoms with Gasteiger partial charge in [0.25, 0.3) is 5.91 Å². The fraction of sp³-hybridized carbons (Fsp3) is 0.588. The van der Waals surface area contributed by atoms with E-state index >= 15 is 0 Å². The molecular weight excluding hydrogens is 324 g/mol. The predicted molar refractivity (Wildman–Crippen MR) is 86.9 cm³/mol. The Bertz CT molecular complexity index is 693. The third-order valence-electron chi connectivity index (χ3n) is 4.83. The van der Waals surface area contributed by atoms with Crippen LogP contribution in [0.2, 0.25) is 0 Å². The van der Waals surface area contributed by atoms with Gasteiger partial charge in [-0.15, -0.1) is 0 Å². The second-order valence-electron chi connectivity index (χ2n) is 6.57. The van der Waals surface area contributed by atoms with Crippen LogP contribution < -0.4 is 0 Å². The van der Waals surface area contributed by atoms with Crippen LogP contribution in [0, 0.1) is 5.92 Å². The smallest absolute Gasteiger partial charge is 0.276 e. The molecule has 1 saturated heterocycles. The molecule has 1 fully saturated rings. The van der Waals surface area contributed by atoms with Crippen molar-refractivity contribution in [2.45, 2.75) is 25.4 Å². The molecule has 1 unspecified atom stereocenters. The van der Waals surface area contributed by atoms with E-state index in [0.717, 1.165) is 38.4 Å². The lowest BCUT2D eigenvalue weighted by Crippen LogP contribution is -2.43. The number of carbonyl (C=O) groups is 1. The van der Waals surface area contributed by atoms with Crippen LogP contribution in [-0.2, 0) is 16.0 Å². The van der Waals surface area contributed by atoms with Crippen LogP contribution in [0.25, 0.3) is 0 Å². The summed E-state index contributed by atoms with van der Waals surface area (Å²) in [5, 5.41) is 4.40. The molecule has 0 bridgehead atoms. The van der Waals surface area contributed by atoms with Crippen LogP contribution in [-0.4, -0.2) is 58.5 Å². The van der Waals surface area contributed by atoms with E-state index in [2.05, 4.69) is 10.1 Å². The molecule has 8 heteroatoms. The number of carbonyl (C=O) groups excluding carboxylic acids is 1. The largest absolute Gasteiger partial charge is 0.451 e. The highest BCUT2D eigenvalue weighted by Gasteiger charge is 2.30. The summed E-state index contributed by atoms with van der Waals surface area (Å²) >= 11 is 0. The summed E-state index contributed by atoms with van der Waals surface area (Å²) in [6.45, 7) is 3.97. The van der Waals surface area contributed by atoms with Crippen LogP contribution >= 0.6 is 0 Å². The first-order valence-corrected chi connectivity index (χ1v) is 8.66. The molecule has 1 amide bonds. The summed E-state index contributed by atoms with van der Waals surface area (Å²) in [6, 6.07) is 1.95. The fourth-order valence-corrected chi connectivity index (χ4v) is 3.43. The zero-order valence-corrected chi connectivity index (χ0v) is 14.0. The van der Waals surface area contributed by atoms with Gasteiger partial charge in [0.2, 0.25) is 0 Å². The fourth-order valence-electron chi connectivity index (χ4n) is 3.43. The van der Waals surface area contributed by atoms with Gasteiger partial charge in [0.05, 0.1) is 24.9 Å². The molecule has 2 aliphatic rings. The van der Waals surface area contributed by atoms with Crippen molar-refractivity contribution >= 4 is 5.91 Å². The first kappa shape index (κ1) is 16.3. The minimum absolute atomic E-state index is 0.00874. The Kier molecular flexibility index (Phi) is 4.80. The van der Waals surface area contributed by atoms with E-state index < -0.39 is 0 Å². The van der Waals surface area contributed by atoms with Crippen LogP contribution in [0.1, 0.15) is 35.1 Å². The molecule has 0 radical (unpaired) electrons. The molecule has 0 saturated carbocycles. The van der Waals surface area contributed by atoms with E-state index in [9.17, 15) is 4.79 Å². The Labute approximate surface area is 145 Å². The van der Waals surface area contributed by atoms with Crippen molar-refractivity contribution in [2.75, 3.05) is 33.0 Å². The number of ether oxygens (including phenoxy) is 2. The predicted octanol–water partition coefficient (Wildman–Crippen LogP) is 1.51. The molecule has 2 aromatic heterocycles. The molecule has 2 aliphatic heterocycles. The van der Waals surface area contributed by atoms with E-state index in [4.69, 9.17) is 13.9 Å². The highest BCUT2D eigenvalue weighted by Crippen LogP contribution is 2.23. The maximum Gasteiger partial charge on any atom is 0.276 e. The summed E-state index contributed by atoms with van der Waals surface area (Å²) in [5.41, 5.74) is 1.33. The Morgan fingerprint density at radius 2 is 2.20 bits per heavy atom. The zero-order chi connectivity index (χ0) is 17.1. The van der Waals surface area contributed by atoms with E-state index in [1.54, 1.807) is 11.1 Å². The van der Waals surface area contributed by atoms with Crippen LogP contribution in [0.4, 0.5) is 0 Å². The van der Waals surface area contributed by atoms with Crippen LogP contribution in [0.15, 0.2) is 29.3 Å². The minimum Gasteiger partial charge on any atom is -0.451 e. The highest BCUT2D eigenvalue weighted by atomic mass is 16.5. The van der Waals surface area contributed by atoms with Gasteiger partial charge in [-0.05, 0) is 24.8 Å². The van der Waals surface area contributed by atoms with Gasteiger partial charge in [-0.2, -0.15) is 5.10 Å². The highest BCUT2D eigenvalue weighted by molar-refractivity contribution is 5.91. The number of hydrogen-bond acceptors (Lipinski definition) is 6. The third-order valence-corrected chi connectivity index (χ3v) is 4.83. The van der Waals surface area contributed by atoms with Gasteiger partial charge >= 0.3 is 0 Å². The molecular formula is C17H22N4O4. The van der Waals surface area contributed by atoms with Gasteiger partial charge in [0.15, 0.2) is 12.1 Å². The lowest BCUT2D eigenvalue weighted by molar-refractivity contribution is 0.00428. The normalized spacial score (nSPS) is 21.3. The molecule has 134 valence electrons. The Morgan fingerprint density at radius 3 is 3.00 bits per heavy atom. The molecule has 2 aromatic rings. The van der Waals surface area contributed by atoms with Crippen molar-refractivity contribution in [1.29, 1.82) is 0 Å². The maximum absolute atomic E-state index is 12.6. The summed E-state index contributed by atoms with van der Waals surface area (Å²) < 4.78 is 18.2. The van der Waals surface area contributed by atoms with Crippen molar-refractivity contribution in [2.24, 2.45) is 5.92 Å². The van der Waals surface area contributed by atoms with Gasteiger partial charge in [0.1, 0.15) is 6.26 Å². The van der Waals surface area contributed by atoms with Crippen LogP contribution in [0.5, 0.6) is 0 Å². The van der Waals surface area contributed by atoms with Crippen molar-refractivity contribution < 1.29 is 18.7 Å². The first-order valence-electron chi connectivity index (χ1n) is 8.66. The third kappa shape index (κ3) is 3.59. The molecule has 0 aromatic carbocycles. The lowest BCUT2D eigenvalue weighted by Gasteiger charge is -2.33. The number of oxazole rings is 1. The van der Waals surface area contributed by atoms with Crippen molar-refractivity contribution in [3.8, 4) is 0 Å². The van der Waals surface area contributed by atoms with E-state index in [-0.39, 0.29) is 11.9 Å². The molecule has 0 aliphatic carbocycles. The number of rotatable bonds is 5. The Hall–Kier alpha value is -2.19. The van der Waals surface area contributed by atoms with E-state index in [1.165, 1.54) is 12.7 Å². The average Bonchev–Trinajstić information content (AvgIpc) is 3.33. The summed E-state index contributed by atoms with van der Waals surface area (Å²) in [5.74, 6) is 0.429. The second kappa shape index (κ2) is 7.37. The number of amides is 1. The topological polar surface area (TPSA) is 82.6 Å². The molecule has 4 rings (SSSR count). The lowest BCUT2D eigenvalue weighted by atomic mass is 10.0. The van der Waals surface area contributed by atoms with Gasteiger partial charge in [0, 0.05) is 32.6 Å². The van der Waals surface area contributed by atoms with E-state index in [0.29, 0.717) is 31.3 Å². The summed E-state index contributed by atoms with van der Waals surface area (Å²) in [7, 11) is 0. The van der Waals surface area contributed by atoms with Crippen LogP contribution in [0.3, 0.4) is 0 Å². The van der Waals surface area contributed by atoms with Gasteiger partial charge in [-0.1, -0.05) is 0 Å². The summed E-state index contributed by atoms with van der Waals surface area (Å²) in [6.07, 6.45) is 6.52. The van der Waals surface area contributed by atoms with Crippen molar-refractivity contribution in [3.05, 3.63) is 36.3 Å². The maximum atomic E-state index is 12.6. The van der Waals surface area contributed by atoms with Gasteiger partial charge in [-0.3, -0.25) is 9.48 Å². The molecule has 4 heterocycles. The Balaban J connectivity index is 1.39. The zero-order valence-electron chi connectivity index (χ0n) is 14.0. The molecule has 0 spiro atoms. The molecule has 0 N–H and O–H groups in total. The minimum atomic E-state index is -0.129. The van der Waals surface area contributed by atoms with Crippen molar-refractivity contribution in [3.63, 3.8) is 0 Å². The summed E-state index contributed by atoms with van der Waals surface area (Å²) in [4.78, 5) is 18.3. The number of aromatic nitrogens is 3. The van der Waals surface area contributed by atoms with Crippen molar-refractivity contribution in [1.82, 2.24) is 19.7 Å². The molecule has 8 nitrogen and oxygen atoms in total. The number of hydrogen-bond donors (Lipinski definition) is 0. The quantitative estimate of drug-likeness (QED) is 0.816. The monoisotopic (exact) mass is 346 g/mol. The number of fused-ring (bicyclic) bond motifs is 1. The SMILES string of the molecule is O=C(c1cocn1)N1Cc2ccnn2C(COCC2CCOCC2)C1. The first-order chi connectivity index (χ1) is 12.3. The standard InChI is InChI=1S/C17H22N4O4/c22-17(16-11-25-12-18-16)20-7-14-1-4-19-21(14)15(8-20)10-24-9-13-2-5-23-6-3-13/h1,4,11-13,15H,2-3,5-10H2.